The third-order valence-electron chi connectivity index (χ3n) is 3.86. The molecule has 136 valence electrons. The molecule has 0 saturated heterocycles. The van der Waals surface area contributed by atoms with E-state index < -0.39 is 23.6 Å². The van der Waals surface area contributed by atoms with E-state index in [1.807, 2.05) is 0 Å². The highest BCUT2D eigenvalue weighted by Gasteiger charge is 2.41. The molecule has 4 nitrogen and oxygen atoms in total. The molecule has 0 bridgehead atoms. The number of amides is 2. The SMILES string of the molecule is CC(C)N1C(=O)C(Nc2cccc(C(F)(F)F)c2)=C(c2cccs2)C1=O. The molecule has 0 radical (unpaired) electrons. The summed E-state index contributed by atoms with van der Waals surface area (Å²) in [4.78, 5) is 27.1. The fourth-order valence-corrected chi connectivity index (χ4v) is 3.47. The number of anilines is 1. The first-order valence-electron chi connectivity index (χ1n) is 7.80. The van der Waals surface area contributed by atoms with Gasteiger partial charge >= 0.3 is 6.18 Å². The Morgan fingerprint density at radius 3 is 2.38 bits per heavy atom. The normalized spacial score (nSPS) is 15.4. The fourth-order valence-electron chi connectivity index (χ4n) is 2.70. The maximum absolute atomic E-state index is 12.9. The predicted octanol–water partition coefficient (Wildman–Crippen LogP) is 4.37. The molecule has 1 aliphatic rings. The van der Waals surface area contributed by atoms with E-state index in [9.17, 15) is 22.8 Å². The fraction of sp³-hybridized carbons (Fsp3) is 0.222. The van der Waals surface area contributed by atoms with Crippen LogP contribution < -0.4 is 5.32 Å². The number of nitrogens with zero attached hydrogens (tertiary/aromatic N) is 1. The number of carbonyl (C=O) groups is 2. The van der Waals surface area contributed by atoms with Gasteiger partial charge in [0.2, 0.25) is 0 Å². The average molecular weight is 380 g/mol. The molecule has 0 saturated carbocycles. The third kappa shape index (κ3) is 3.24. The Morgan fingerprint density at radius 1 is 1.08 bits per heavy atom. The van der Waals surface area contributed by atoms with Crippen molar-refractivity contribution in [1.82, 2.24) is 4.90 Å². The van der Waals surface area contributed by atoms with Gasteiger partial charge in [0, 0.05) is 16.6 Å². The minimum Gasteiger partial charge on any atom is -0.350 e. The summed E-state index contributed by atoms with van der Waals surface area (Å²) >= 11 is 1.28. The maximum atomic E-state index is 12.9. The van der Waals surface area contributed by atoms with Crippen molar-refractivity contribution in [3.05, 3.63) is 57.9 Å². The average Bonchev–Trinajstić information content (AvgIpc) is 3.14. The van der Waals surface area contributed by atoms with Crippen LogP contribution in [0.2, 0.25) is 0 Å². The van der Waals surface area contributed by atoms with Crippen LogP contribution in [0.3, 0.4) is 0 Å². The van der Waals surface area contributed by atoms with Crippen LogP contribution in [-0.2, 0) is 15.8 Å². The van der Waals surface area contributed by atoms with Gasteiger partial charge < -0.3 is 5.32 Å². The van der Waals surface area contributed by atoms with Crippen molar-refractivity contribution in [2.45, 2.75) is 26.1 Å². The Balaban J connectivity index is 2.05. The lowest BCUT2D eigenvalue weighted by Gasteiger charge is -2.19. The molecule has 0 fully saturated rings. The smallest absolute Gasteiger partial charge is 0.350 e. The Kier molecular flexibility index (Phi) is 4.62. The number of hydrogen-bond donors (Lipinski definition) is 1. The minimum atomic E-state index is -4.50. The minimum absolute atomic E-state index is 0.00882. The van der Waals surface area contributed by atoms with Crippen molar-refractivity contribution < 1.29 is 22.8 Å². The number of rotatable bonds is 4. The number of benzene rings is 1. The first-order valence-corrected chi connectivity index (χ1v) is 8.68. The Morgan fingerprint density at radius 2 is 1.81 bits per heavy atom. The highest BCUT2D eigenvalue weighted by atomic mass is 32.1. The molecular formula is C18H15F3N2O2S. The lowest BCUT2D eigenvalue weighted by Crippen LogP contribution is -2.38. The molecule has 0 unspecified atom stereocenters. The van der Waals surface area contributed by atoms with E-state index in [1.54, 1.807) is 31.4 Å². The summed E-state index contributed by atoms with van der Waals surface area (Å²) in [6.07, 6.45) is -4.50. The molecule has 2 aromatic rings. The van der Waals surface area contributed by atoms with Crippen LogP contribution in [0.5, 0.6) is 0 Å². The molecule has 26 heavy (non-hydrogen) atoms. The predicted molar refractivity (Wildman–Crippen MR) is 93.3 cm³/mol. The molecule has 3 rings (SSSR count). The van der Waals surface area contributed by atoms with Gasteiger partial charge in [-0.2, -0.15) is 13.2 Å². The van der Waals surface area contributed by atoms with Crippen LogP contribution >= 0.6 is 11.3 Å². The molecule has 0 spiro atoms. The molecule has 0 aliphatic carbocycles. The second-order valence-electron chi connectivity index (χ2n) is 6.00. The van der Waals surface area contributed by atoms with Gasteiger partial charge in [-0.05, 0) is 43.5 Å². The van der Waals surface area contributed by atoms with Gasteiger partial charge in [0.1, 0.15) is 5.70 Å². The molecule has 2 amide bonds. The first kappa shape index (κ1) is 18.2. The van der Waals surface area contributed by atoms with Gasteiger partial charge in [-0.15, -0.1) is 11.3 Å². The van der Waals surface area contributed by atoms with E-state index in [0.29, 0.717) is 4.88 Å². The zero-order valence-corrected chi connectivity index (χ0v) is 14.7. The molecule has 1 aromatic carbocycles. The summed E-state index contributed by atoms with van der Waals surface area (Å²) < 4.78 is 38.8. The van der Waals surface area contributed by atoms with Crippen molar-refractivity contribution in [2.75, 3.05) is 5.32 Å². The number of nitrogens with one attached hydrogen (secondary N) is 1. The van der Waals surface area contributed by atoms with E-state index in [4.69, 9.17) is 0 Å². The monoisotopic (exact) mass is 380 g/mol. The third-order valence-corrected chi connectivity index (χ3v) is 4.75. The lowest BCUT2D eigenvalue weighted by molar-refractivity contribution is -0.139. The van der Waals surface area contributed by atoms with E-state index in [1.165, 1.54) is 23.5 Å². The van der Waals surface area contributed by atoms with E-state index in [-0.39, 0.29) is 23.0 Å². The van der Waals surface area contributed by atoms with Gasteiger partial charge in [0.05, 0.1) is 11.1 Å². The van der Waals surface area contributed by atoms with Crippen molar-refractivity contribution in [3.8, 4) is 0 Å². The molecule has 1 aliphatic heterocycles. The second kappa shape index (κ2) is 6.60. The highest BCUT2D eigenvalue weighted by Crippen LogP contribution is 2.35. The topological polar surface area (TPSA) is 49.4 Å². The van der Waals surface area contributed by atoms with Crippen molar-refractivity contribution in [3.63, 3.8) is 0 Å². The van der Waals surface area contributed by atoms with E-state index in [0.717, 1.165) is 17.0 Å². The highest BCUT2D eigenvalue weighted by molar-refractivity contribution is 7.11. The van der Waals surface area contributed by atoms with Crippen LogP contribution in [0, 0.1) is 0 Å². The first-order chi connectivity index (χ1) is 12.2. The van der Waals surface area contributed by atoms with E-state index in [2.05, 4.69) is 5.32 Å². The molecule has 1 N–H and O–H groups in total. The number of carbonyl (C=O) groups excluding carboxylic acids is 2. The Labute approximate surface area is 151 Å². The van der Waals surface area contributed by atoms with Crippen LogP contribution in [0.4, 0.5) is 18.9 Å². The molecular weight excluding hydrogens is 365 g/mol. The van der Waals surface area contributed by atoms with Crippen LogP contribution in [0.15, 0.2) is 47.5 Å². The number of imide groups is 1. The zero-order chi connectivity index (χ0) is 19.1. The molecule has 1 aromatic heterocycles. The summed E-state index contributed by atoms with van der Waals surface area (Å²) in [5.74, 6) is -1.01. The summed E-state index contributed by atoms with van der Waals surface area (Å²) in [5, 5.41) is 4.49. The standard InChI is InChI=1S/C18H15F3N2O2S/c1-10(2)23-16(24)14(13-7-4-8-26-13)15(17(23)25)22-12-6-3-5-11(9-12)18(19,20)21/h3-10,22H,1-2H3. The number of thiophene rings is 1. The van der Waals surface area contributed by atoms with Crippen LogP contribution in [-0.4, -0.2) is 22.8 Å². The summed E-state index contributed by atoms with van der Waals surface area (Å²) in [6.45, 7) is 3.41. The van der Waals surface area contributed by atoms with Crippen molar-refractivity contribution in [1.29, 1.82) is 0 Å². The van der Waals surface area contributed by atoms with Gasteiger partial charge in [-0.1, -0.05) is 12.1 Å². The largest absolute Gasteiger partial charge is 0.416 e. The summed E-state index contributed by atoms with van der Waals surface area (Å²) in [5.41, 5.74) is -0.574. The Hall–Kier alpha value is -2.61. The Bertz CT molecular complexity index is 886. The van der Waals surface area contributed by atoms with E-state index >= 15 is 0 Å². The second-order valence-corrected chi connectivity index (χ2v) is 6.95. The number of alkyl halides is 3. The number of halogens is 3. The molecule has 2 heterocycles. The summed E-state index contributed by atoms with van der Waals surface area (Å²) in [6, 6.07) is 7.59. The van der Waals surface area contributed by atoms with Crippen LogP contribution in [0.1, 0.15) is 24.3 Å². The quantitative estimate of drug-likeness (QED) is 0.802. The van der Waals surface area contributed by atoms with Gasteiger partial charge in [-0.3, -0.25) is 14.5 Å². The lowest BCUT2D eigenvalue weighted by atomic mass is 10.1. The summed E-state index contributed by atoms with van der Waals surface area (Å²) in [7, 11) is 0. The van der Waals surface area contributed by atoms with Gasteiger partial charge in [0.25, 0.3) is 11.8 Å². The number of hydrogen-bond acceptors (Lipinski definition) is 4. The van der Waals surface area contributed by atoms with Crippen LogP contribution in [0.25, 0.3) is 5.57 Å². The molecule has 8 heteroatoms. The van der Waals surface area contributed by atoms with Gasteiger partial charge in [0.15, 0.2) is 0 Å². The maximum Gasteiger partial charge on any atom is 0.416 e. The van der Waals surface area contributed by atoms with Gasteiger partial charge in [-0.25, -0.2) is 0 Å². The molecule has 0 atom stereocenters. The van der Waals surface area contributed by atoms with Crippen molar-refractivity contribution >= 4 is 34.4 Å². The zero-order valence-electron chi connectivity index (χ0n) is 13.9. The van der Waals surface area contributed by atoms with Crippen molar-refractivity contribution in [2.24, 2.45) is 0 Å².